The van der Waals surface area contributed by atoms with Gasteiger partial charge >= 0.3 is 12.2 Å². The minimum Gasteiger partial charge on any atom is -0.328 e. The fraction of sp³-hybridized carbons (Fsp3) is 0.667. The zero-order valence-electron chi connectivity index (χ0n) is 13.2. The third kappa shape index (κ3) is 3.88. The van der Waals surface area contributed by atoms with Gasteiger partial charge in [0.1, 0.15) is 18.6 Å². The Morgan fingerprint density at radius 2 is 1.92 bits per heavy atom. The number of halogens is 3. The summed E-state index contributed by atoms with van der Waals surface area (Å²) in [5, 5.41) is 2.62. The fourth-order valence-electron chi connectivity index (χ4n) is 3.18. The second-order valence-corrected chi connectivity index (χ2v) is 6.14. The van der Waals surface area contributed by atoms with E-state index < -0.39 is 42.7 Å². The Hall–Kier alpha value is -2.06. The number of alkyl halides is 3. The van der Waals surface area contributed by atoms with Crippen LogP contribution in [0.4, 0.5) is 18.0 Å². The van der Waals surface area contributed by atoms with Crippen LogP contribution in [0, 0.1) is 0 Å². The highest BCUT2D eigenvalue weighted by Gasteiger charge is 2.52. The lowest BCUT2D eigenvalue weighted by Gasteiger charge is -2.30. The molecule has 1 N–H and O–H groups in total. The quantitative estimate of drug-likeness (QED) is 0.609. The van der Waals surface area contributed by atoms with Crippen LogP contribution in [-0.2, 0) is 9.59 Å². The molecule has 1 spiro atoms. The number of urea groups is 1. The summed E-state index contributed by atoms with van der Waals surface area (Å²) in [5.41, 5.74) is -0.997. The van der Waals surface area contributed by atoms with Crippen molar-refractivity contribution in [1.82, 2.24) is 15.1 Å². The number of hydrogen-bond donors (Lipinski definition) is 1. The van der Waals surface area contributed by atoms with E-state index in [4.69, 9.17) is 0 Å². The van der Waals surface area contributed by atoms with E-state index in [1.165, 1.54) is 0 Å². The Labute approximate surface area is 137 Å². The van der Waals surface area contributed by atoms with Crippen LogP contribution in [0.25, 0.3) is 0 Å². The third-order valence-corrected chi connectivity index (χ3v) is 4.32. The first kappa shape index (κ1) is 18.3. The molecule has 0 aromatic carbocycles. The smallest absolute Gasteiger partial charge is 0.328 e. The van der Waals surface area contributed by atoms with Gasteiger partial charge in [-0.15, -0.1) is 6.58 Å². The van der Waals surface area contributed by atoms with Crippen molar-refractivity contribution in [2.24, 2.45) is 0 Å². The molecule has 2 aliphatic rings. The number of carbonyl (C=O) groups excluding carboxylic acids is 3. The summed E-state index contributed by atoms with van der Waals surface area (Å²) in [6.07, 6.45) is 0.0958. The first-order valence-corrected chi connectivity index (χ1v) is 7.78. The molecule has 0 aromatic rings. The molecule has 6 nitrogen and oxygen atoms in total. The van der Waals surface area contributed by atoms with Gasteiger partial charge in [-0.1, -0.05) is 25.3 Å². The minimum absolute atomic E-state index is 0.312. The largest absolute Gasteiger partial charge is 0.406 e. The lowest BCUT2D eigenvalue weighted by Crippen LogP contribution is -2.49. The van der Waals surface area contributed by atoms with Crippen molar-refractivity contribution in [3.8, 4) is 0 Å². The zero-order valence-corrected chi connectivity index (χ0v) is 13.2. The molecule has 1 aliphatic heterocycles. The molecule has 134 valence electrons. The molecule has 1 aliphatic carbocycles. The highest BCUT2D eigenvalue weighted by atomic mass is 19.4. The standard InChI is InChI=1S/C15H20F3N3O3/c1-2-8-20(10-15(16,17)18)11(22)9-21-12(23)14(19-13(21)24)6-4-3-5-7-14/h2H,1,3-10H2,(H,19,24). The van der Waals surface area contributed by atoms with Gasteiger partial charge in [-0.25, -0.2) is 4.79 Å². The molecular formula is C15H20F3N3O3. The lowest BCUT2D eigenvalue weighted by molar-refractivity contribution is -0.161. The monoisotopic (exact) mass is 347 g/mol. The Morgan fingerprint density at radius 3 is 2.46 bits per heavy atom. The average Bonchev–Trinajstić information content (AvgIpc) is 2.70. The molecule has 24 heavy (non-hydrogen) atoms. The fourth-order valence-corrected chi connectivity index (χ4v) is 3.18. The molecule has 0 aromatic heterocycles. The Kier molecular flexibility index (Phi) is 5.19. The Bertz CT molecular complexity index is 542. The molecule has 0 atom stereocenters. The van der Waals surface area contributed by atoms with Crippen LogP contribution in [0.15, 0.2) is 12.7 Å². The Morgan fingerprint density at radius 1 is 1.29 bits per heavy atom. The summed E-state index contributed by atoms with van der Waals surface area (Å²) in [6.45, 7) is 0.860. The molecule has 2 fully saturated rings. The van der Waals surface area contributed by atoms with Crippen LogP contribution < -0.4 is 5.32 Å². The number of nitrogens with zero attached hydrogens (tertiary/aromatic N) is 2. The maximum atomic E-state index is 12.6. The van der Waals surface area contributed by atoms with Crippen LogP contribution in [0.1, 0.15) is 32.1 Å². The van der Waals surface area contributed by atoms with E-state index in [-0.39, 0.29) is 6.54 Å². The van der Waals surface area contributed by atoms with Gasteiger partial charge in [0, 0.05) is 6.54 Å². The Balaban J connectivity index is 2.08. The summed E-state index contributed by atoms with van der Waals surface area (Å²) in [4.78, 5) is 37.9. The van der Waals surface area contributed by atoms with Gasteiger partial charge < -0.3 is 10.2 Å². The molecular weight excluding hydrogens is 327 g/mol. The topological polar surface area (TPSA) is 69.7 Å². The van der Waals surface area contributed by atoms with Crippen LogP contribution in [0.3, 0.4) is 0 Å². The SMILES string of the molecule is C=CCN(CC(F)(F)F)C(=O)CN1C(=O)NC2(CCCCC2)C1=O. The number of amides is 4. The van der Waals surface area contributed by atoms with Crippen molar-refractivity contribution >= 4 is 17.8 Å². The predicted molar refractivity (Wildman–Crippen MR) is 78.9 cm³/mol. The molecule has 1 saturated heterocycles. The van der Waals surface area contributed by atoms with Crippen molar-refractivity contribution in [3.05, 3.63) is 12.7 Å². The van der Waals surface area contributed by atoms with E-state index >= 15 is 0 Å². The second-order valence-electron chi connectivity index (χ2n) is 6.14. The highest BCUT2D eigenvalue weighted by molar-refractivity contribution is 6.09. The summed E-state index contributed by atoms with van der Waals surface area (Å²) < 4.78 is 37.7. The van der Waals surface area contributed by atoms with Crippen LogP contribution in [-0.4, -0.2) is 59.0 Å². The maximum Gasteiger partial charge on any atom is 0.406 e. The summed E-state index contributed by atoms with van der Waals surface area (Å²) in [7, 11) is 0. The molecule has 0 unspecified atom stereocenters. The number of nitrogens with one attached hydrogen (secondary N) is 1. The van der Waals surface area contributed by atoms with Gasteiger partial charge in [0.05, 0.1) is 0 Å². The van der Waals surface area contributed by atoms with Crippen LogP contribution >= 0.6 is 0 Å². The summed E-state index contributed by atoms with van der Waals surface area (Å²) in [6, 6.07) is -0.721. The first-order chi connectivity index (χ1) is 11.2. The van der Waals surface area contributed by atoms with Crippen molar-refractivity contribution in [2.45, 2.75) is 43.8 Å². The van der Waals surface area contributed by atoms with E-state index in [2.05, 4.69) is 11.9 Å². The minimum atomic E-state index is -4.57. The van der Waals surface area contributed by atoms with Crippen LogP contribution in [0.5, 0.6) is 0 Å². The summed E-state index contributed by atoms with van der Waals surface area (Å²) >= 11 is 0. The van der Waals surface area contributed by atoms with Gasteiger partial charge in [0.2, 0.25) is 5.91 Å². The number of rotatable bonds is 5. The lowest BCUT2D eigenvalue weighted by atomic mass is 9.82. The van der Waals surface area contributed by atoms with Gasteiger partial charge in [0.15, 0.2) is 0 Å². The molecule has 0 bridgehead atoms. The number of imide groups is 1. The molecule has 0 radical (unpaired) electrons. The van der Waals surface area contributed by atoms with E-state index in [0.29, 0.717) is 17.7 Å². The van der Waals surface area contributed by atoms with Gasteiger partial charge in [0.25, 0.3) is 5.91 Å². The van der Waals surface area contributed by atoms with E-state index in [1.54, 1.807) is 0 Å². The second kappa shape index (κ2) is 6.82. The van der Waals surface area contributed by atoms with Crippen molar-refractivity contribution < 1.29 is 27.6 Å². The van der Waals surface area contributed by atoms with E-state index in [1.807, 2.05) is 0 Å². The van der Waals surface area contributed by atoms with Crippen molar-refractivity contribution in [3.63, 3.8) is 0 Å². The predicted octanol–water partition coefficient (Wildman–Crippen LogP) is 1.82. The molecule has 1 saturated carbocycles. The van der Waals surface area contributed by atoms with Crippen molar-refractivity contribution in [2.75, 3.05) is 19.6 Å². The van der Waals surface area contributed by atoms with Crippen molar-refractivity contribution in [1.29, 1.82) is 0 Å². The molecule has 2 rings (SSSR count). The molecule has 9 heteroatoms. The number of hydrogen-bond acceptors (Lipinski definition) is 3. The van der Waals surface area contributed by atoms with Gasteiger partial charge in [-0.2, -0.15) is 13.2 Å². The maximum absolute atomic E-state index is 12.6. The normalized spacial score (nSPS) is 20.2. The highest BCUT2D eigenvalue weighted by Crippen LogP contribution is 2.33. The first-order valence-electron chi connectivity index (χ1n) is 7.78. The molecule has 4 amide bonds. The van der Waals surface area contributed by atoms with Gasteiger partial charge in [-0.3, -0.25) is 14.5 Å². The van der Waals surface area contributed by atoms with E-state index in [9.17, 15) is 27.6 Å². The van der Waals surface area contributed by atoms with E-state index in [0.717, 1.165) is 30.2 Å². The molecule has 1 heterocycles. The summed E-state index contributed by atoms with van der Waals surface area (Å²) in [5.74, 6) is -1.46. The zero-order chi connectivity index (χ0) is 18.0. The average molecular weight is 347 g/mol. The van der Waals surface area contributed by atoms with Gasteiger partial charge in [-0.05, 0) is 12.8 Å². The third-order valence-electron chi connectivity index (χ3n) is 4.32. The number of carbonyl (C=O) groups is 3. The van der Waals surface area contributed by atoms with Crippen LogP contribution in [0.2, 0.25) is 0 Å².